The summed E-state index contributed by atoms with van der Waals surface area (Å²) < 4.78 is 6.14. The van der Waals surface area contributed by atoms with Gasteiger partial charge in [-0.25, -0.2) is 4.98 Å². The van der Waals surface area contributed by atoms with E-state index in [0.29, 0.717) is 33.8 Å². The monoisotopic (exact) mass is 437 g/mol. The van der Waals surface area contributed by atoms with Gasteiger partial charge in [0, 0.05) is 40.5 Å². The van der Waals surface area contributed by atoms with E-state index in [1.807, 2.05) is 19.1 Å². The number of hydrogen-bond acceptors (Lipinski definition) is 4. The van der Waals surface area contributed by atoms with Crippen molar-refractivity contribution in [3.63, 3.8) is 0 Å². The van der Waals surface area contributed by atoms with Gasteiger partial charge in [-0.1, -0.05) is 29.3 Å². The van der Waals surface area contributed by atoms with Crippen molar-refractivity contribution in [1.82, 2.24) is 15.3 Å². The van der Waals surface area contributed by atoms with Crippen LogP contribution in [0.1, 0.15) is 21.5 Å². The zero-order valence-corrected chi connectivity index (χ0v) is 17.5. The standard InChI is InChI=1S/C23H17Cl2N3O2/c1-14-17(23(29)28-13-15-7-9-27-22(25)11-15)3-2-4-20(14)30-21-8-10-26-19-12-16(24)5-6-18(19)21/h2-12H,13H2,1H3,(H,28,29). The van der Waals surface area contributed by atoms with Gasteiger partial charge >= 0.3 is 0 Å². The summed E-state index contributed by atoms with van der Waals surface area (Å²) in [6, 6.07) is 16.1. The predicted molar refractivity (Wildman–Crippen MR) is 118 cm³/mol. The van der Waals surface area contributed by atoms with Gasteiger partial charge in [0.15, 0.2) is 0 Å². The molecule has 5 nitrogen and oxygen atoms in total. The molecule has 150 valence electrons. The van der Waals surface area contributed by atoms with Crippen molar-refractivity contribution in [3.05, 3.63) is 93.9 Å². The lowest BCUT2D eigenvalue weighted by molar-refractivity contribution is 0.0950. The minimum atomic E-state index is -0.197. The third kappa shape index (κ3) is 4.37. The minimum absolute atomic E-state index is 0.197. The largest absolute Gasteiger partial charge is 0.456 e. The lowest BCUT2D eigenvalue weighted by atomic mass is 10.1. The number of nitrogens with zero attached hydrogens (tertiary/aromatic N) is 2. The Morgan fingerprint density at radius 3 is 2.67 bits per heavy atom. The summed E-state index contributed by atoms with van der Waals surface area (Å²) in [6.07, 6.45) is 3.27. The summed E-state index contributed by atoms with van der Waals surface area (Å²) in [5.41, 5.74) is 2.88. The Labute approximate surface area is 183 Å². The first kappa shape index (κ1) is 20.1. The summed E-state index contributed by atoms with van der Waals surface area (Å²) in [5.74, 6) is 1.04. The molecule has 2 aromatic heterocycles. The van der Waals surface area contributed by atoms with Crippen molar-refractivity contribution in [2.45, 2.75) is 13.5 Å². The highest BCUT2D eigenvalue weighted by Gasteiger charge is 2.14. The van der Waals surface area contributed by atoms with Crippen LogP contribution in [0.3, 0.4) is 0 Å². The molecule has 4 rings (SSSR count). The van der Waals surface area contributed by atoms with Gasteiger partial charge in [-0.3, -0.25) is 9.78 Å². The summed E-state index contributed by atoms with van der Waals surface area (Å²) >= 11 is 12.0. The summed E-state index contributed by atoms with van der Waals surface area (Å²) in [7, 11) is 0. The first-order valence-corrected chi connectivity index (χ1v) is 9.97. The lowest BCUT2D eigenvalue weighted by Gasteiger charge is -2.14. The van der Waals surface area contributed by atoms with E-state index >= 15 is 0 Å². The topological polar surface area (TPSA) is 64.1 Å². The molecule has 2 heterocycles. The summed E-state index contributed by atoms with van der Waals surface area (Å²) in [6.45, 7) is 2.20. The van der Waals surface area contributed by atoms with E-state index in [1.165, 1.54) is 0 Å². The van der Waals surface area contributed by atoms with Crippen molar-refractivity contribution < 1.29 is 9.53 Å². The van der Waals surface area contributed by atoms with Gasteiger partial charge in [-0.05, 0) is 61.0 Å². The van der Waals surface area contributed by atoms with Gasteiger partial charge in [-0.15, -0.1) is 0 Å². The molecule has 0 unspecified atom stereocenters. The van der Waals surface area contributed by atoms with Crippen molar-refractivity contribution >= 4 is 40.0 Å². The second kappa shape index (κ2) is 8.69. The number of aromatic nitrogens is 2. The third-order valence-corrected chi connectivity index (χ3v) is 5.10. The highest BCUT2D eigenvalue weighted by molar-refractivity contribution is 6.31. The number of nitrogens with one attached hydrogen (secondary N) is 1. The molecule has 2 aromatic carbocycles. The molecule has 0 saturated heterocycles. The maximum atomic E-state index is 12.7. The van der Waals surface area contributed by atoms with Crippen LogP contribution >= 0.6 is 23.2 Å². The molecular weight excluding hydrogens is 421 g/mol. The summed E-state index contributed by atoms with van der Waals surface area (Å²) in [5, 5.41) is 4.74. The van der Waals surface area contributed by atoms with Gasteiger partial charge in [0.05, 0.1) is 5.52 Å². The van der Waals surface area contributed by atoms with Crippen molar-refractivity contribution in [1.29, 1.82) is 0 Å². The number of halogens is 2. The number of pyridine rings is 2. The average molecular weight is 438 g/mol. The Kier molecular flexibility index (Phi) is 5.84. The van der Waals surface area contributed by atoms with Gasteiger partial charge < -0.3 is 10.1 Å². The van der Waals surface area contributed by atoms with E-state index < -0.39 is 0 Å². The molecular formula is C23H17Cl2N3O2. The molecule has 1 amide bonds. The fraction of sp³-hybridized carbons (Fsp3) is 0.0870. The number of rotatable bonds is 5. The molecule has 4 aromatic rings. The molecule has 1 N–H and O–H groups in total. The highest BCUT2D eigenvalue weighted by atomic mass is 35.5. The van der Waals surface area contributed by atoms with Crippen molar-refractivity contribution in [2.24, 2.45) is 0 Å². The van der Waals surface area contributed by atoms with Crippen molar-refractivity contribution in [3.8, 4) is 11.5 Å². The van der Waals surface area contributed by atoms with Crippen LogP contribution in [-0.2, 0) is 6.54 Å². The molecule has 30 heavy (non-hydrogen) atoms. The number of benzene rings is 2. The van der Waals surface area contributed by atoms with Gasteiger partial charge in [-0.2, -0.15) is 0 Å². The molecule has 0 aliphatic heterocycles. The Balaban J connectivity index is 1.57. The number of ether oxygens (including phenoxy) is 1. The van der Waals surface area contributed by atoms with Crippen LogP contribution < -0.4 is 10.1 Å². The van der Waals surface area contributed by atoms with Crippen LogP contribution in [0.5, 0.6) is 11.5 Å². The number of hydrogen-bond donors (Lipinski definition) is 1. The van der Waals surface area contributed by atoms with E-state index in [9.17, 15) is 4.79 Å². The molecule has 0 bridgehead atoms. The quantitative estimate of drug-likeness (QED) is 0.390. The SMILES string of the molecule is Cc1c(Oc2ccnc3cc(Cl)ccc23)cccc1C(=O)NCc1ccnc(Cl)c1. The van der Waals surface area contributed by atoms with E-state index in [2.05, 4.69) is 15.3 Å². The van der Waals surface area contributed by atoms with Crippen LogP contribution in [0.15, 0.2) is 67.0 Å². The first-order chi connectivity index (χ1) is 14.5. The maximum absolute atomic E-state index is 12.7. The van der Waals surface area contributed by atoms with Gasteiger partial charge in [0.2, 0.25) is 0 Å². The molecule has 0 atom stereocenters. The van der Waals surface area contributed by atoms with Crippen LogP contribution in [0.25, 0.3) is 10.9 Å². The van der Waals surface area contributed by atoms with E-state index in [4.69, 9.17) is 27.9 Å². The molecule has 7 heteroatoms. The second-order valence-electron chi connectivity index (χ2n) is 6.67. The number of amides is 1. The number of carbonyl (C=O) groups is 1. The Morgan fingerprint density at radius 2 is 1.83 bits per heavy atom. The first-order valence-electron chi connectivity index (χ1n) is 9.21. The lowest BCUT2D eigenvalue weighted by Crippen LogP contribution is -2.23. The summed E-state index contributed by atoms with van der Waals surface area (Å²) in [4.78, 5) is 21.0. The highest BCUT2D eigenvalue weighted by Crippen LogP contribution is 2.32. The van der Waals surface area contributed by atoms with Crippen LogP contribution in [0, 0.1) is 6.92 Å². The van der Waals surface area contributed by atoms with E-state index in [1.54, 1.807) is 54.9 Å². The third-order valence-electron chi connectivity index (χ3n) is 4.66. The van der Waals surface area contributed by atoms with Gasteiger partial charge in [0.1, 0.15) is 16.7 Å². The van der Waals surface area contributed by atoms with E-state index in [-0.39, 0.29) is 5.91 Å². The Hall–Kier alpha value is -3.15. The van der Waals surface area contributed by atoms with Crippen LogP contribution in [0.2, 0.25) is 10.2 Å². The molecule has 0 aliphatic carbocycles. The zero-order valence-electron chi connectivity index (χ0n) is 16.0. The Bertz CT molecular complexity index is 1240. The van der Waals surface area contributed by atoms with Gasteiger partial charge in [0.25, 0.3) is 5.91 Å². The molecule has 0 fully saturated rings. The number of fused-ring (bicyclic) bond motifs is 1. The normalized spacial score (nSPS) is 10.8. The minimum Gasteiger partial charge on any atom is -0.456 e. The van der Waals surface area contributed by atoms with E-state index in [0.717, 1.165) is 22.0 Å². The van der Waals surface area contributed by atoms with Crippen LogP contribution in [0.4, 0.5) is 0 Å². The van der Waals surface area contributed by atoms with Crippen molar-refractivity contribution in [2.75, 3.05) is 0 Å². The second-order valence-corrected chi connectivity index (χ2v) is 7.49. The maximum Gasteiger partial charge on any atom is 0.251 e. The molecule has 0 saturated carbocycles. The molecule has 0 radical (unpaired) electrons. The molecule has 0 aliphatic rings. The van der Waals surface area contributed by atoms with Crippen LogP contribution in [-0.4, -0.2) is 15.9 Å². The predicted octanol–water partition coefficient (Wildman–Crippen LogP) is 5.97. The average Bonchev–Trinajstić information content (AvgIpc) is 2.73. The number of carbonyl (C=O) groups excluding carboxylic acids is 1. The fourth-order valence-electron chi connectivity index (χ4n) is 3.10. The smallest absolute Gasteiger partial charge is 0.251 e. The fourth-order valence-corrected chi connectivity index (χ4v) is 3.47. The molecule has 0 spiro atoms. The zero-order chi connectivity index (χ0) is 21.1. The Morgan fingerprint density at radius 1 is 1.00 bits per heavy atom.